The Balaban J connectivity index is 2.90. The van der Waals surface area contributed by atoms with Crippen LogP contribution in [-0.2, 0) is 6.42 Å². The number of aryl methyl sites for hydroxylation is 1. The fourth-order valence-electron chi connectivity index (χ4n) is 0.832. The maximum Gasteiger partial charge on any atom is 0.00861 e. The van der Waals surface area contributed by atoms with E-state index in [1.165, 1.54) is 5.56 Å². The molecule has 52 valence electrons. The summed E-state index contributed by atoms with van der Waals surface area (Å²) >= 11 is 4.77. The van der Waals surface area contributed by atoms with Crippen molar-refractivity contribution < 1.29 is 0 Å². The topological polar surface area (TPSA) is 0 Å². The van der Waals surface area contributed by atoms with Gasteiger partial charge >= 0.3 is 0 Å². The number of thiocarbonyl (C=S) groups is 1. The van der Waals surface area contributed by atoms with Gasteiger partial charge in [0.25, 0.3) is 0 Å². The first-order valence-electron chi connectivity index (χ1n) is 3.41. The molecule has 0 nitrogen and oxygen atoms in total. The summed E-state index contributed by atoms with van der Waals surface area (Å²) in [6.45, 7) is 2.15. The van der Waals surface area contributed by atoms with Crippen LogP contribution in [0.4, 0.5) is 0 Å². The van der Waals surface area contributed by atoms with Crippen molar-refractivity contribution in [3.63, 3.8) is 0 Å². The predicted molar refractivity (Wildman–Crippen MR) is 48.6 cm³/mol. The second kappa shape index (κ2) is 3.47. The number of hydrogen-bond donors (Lipinski definition) is 0. The van der Waals surface area contributed by atoms with E-state index in [2.05, 4.69) is 19.1 Å². The summed E-state index contributed by atoms with van der Waals surface area (Å²) in [6.07, 6.45) is 1.09. The van der Waals surface area contributed by atoms with Crippen LogP contribution in [0.25, 0.3) is 0 Å². The maximum absolute atomic E-state index is 4.77. The fraction of sp³-hybridized carbons (Fsp3) is 0.222. The molecule has 0 saturated heterocycles. The van der Waals surface area contributed by atoms with Gasteiger partial charge in [0, 0.05) is 5.37 Å². The van der Waals surface area contributed by atoms with Crippen molar-refractivity contribution in [3.05, 3.63) is 35.4 Å². The van der Waals surface area contributed by atoms with Crippen molar-refractivity contribution in [2.45, 2.75) is 13.3 Å². The molecule has 0 aliphatic carbocycles. The molecule has 1 aromatic carbocycles. The van der Waals surface area contributed by atoms with E-state index in [0.29, 0.717) is 0 Å². The average molecular weight is 150 g/mol. The number of rotatable bonds is 2. The summed E-state index contributed by atoms with van der Waals surface area (Å²) in [5.41, 5.74) is 2.48. The van der Waals surface area contributed by atoms with Crippen molar-refractivity contribution in [1.82, 2.24) is 0 Å². The molecule has 0 aromatic heterocycles. The molecule has 0 fully saturated rings. The van der Waals surface area contributed by atoms with Crippen molar-refractivity contribution in [2.75, 3.05) is 0 Å². The highest BCUT2D eigenvalue weighted by molar-refractivity contribution is 7.79. The summed E-state index contributed by atoms with van der Waals surface area (Å²) in [5.74, 6) is 0. The van der Waals surface area contributed by atoms with Crippen LogP contribution >= 0.6 is 12.2 Å². The summed E-state index contributed by atoms with van der Waals surface area (Å²) in [4.78, 5) is 0. The Morgan fingerprint density at radius 3 is 2.30 bits per heavy atom. The van der Waals surface area contributed by atoms with Gasteiger partial charge in [0.2, 0.25) is 0 Å². The van der Waals surface area contributed by atoms with Gasteiger partial charge in [0.15, 0.2) is 0 Å². The van der Waals surface area contributed by atoms with E-state index >= 15 is 0 Å². The molecule has 0 bridgehead atoms. The highest BCUT2D eigenvalue weighted by atomic mass is 32.1. The van der Waals surface area contributed by atoms with Gasteiger partial charge < -0.3 is 0 Å². The molecule has 0 unspecified atom stereocenters. The first kappa shape index (κ1) is 7.42. The molecule has 0 heterocycles. The van der Waals surface area contributed by atoms with Crippen molar-refractivity contribution >= 4 is 17.6 Å². The third kappa shape index (κ3) is 1.64. The Kier molecular flexibility index (Phi) is 2.57. The normalized spacial score (nSPS) is 9.30. The predicted octanol–water partition coefficient (Wildman–Crippen LogP) is 2.60. The standard InChI is InChI=1S/C9H10S/c1-2-8-3-5-9(7-10)6-4-8/h3-7H,2H2,1H3. The summed E-state index contributed by atoms with van der Waals surface area (Å²) in [7, 11) is 0. The molecule has 0 saturated carbocycles. The molecule has 1 aromatic rings. The first-order chi connectivity index (χ1) is 4.86. The van der Waals surface area contributed by atoms with Crippen molar-refractivity contribution in [3.8, 4) is 0 Å². The summed E-state index contributed by atoms with van der Waals surface area (Å²) in [6, 6.07) is 8.31. The average Bonchev–Trinajstić information content (AvgIpc) is 2.05. The van der Waals surface area contributed by atoms with Crippen LogP contribution in [0, 0.1) is 0 Å². The van der Waals surface area contributed by atoms with Gasteiger partial charge in [0.05, 0.1) is 0 Å². The number of benzene rings is 1. The third-order valence-electron chi connectivity index (χ3n) is 1.52. The minimum Gasteiger partial charge on any atom is -0.0881 e. The Morgan fingerprint density at radius 1 is 1.30 bits per heavy atom. The smallest absolute Gasteiger partial charge is 0.00861 e. The van der Waals surface area contributed by atoms with Gasteiger partial charge in [-0.05, 0) is 17.5 Å². The first-order valence-corrected chi connectivity index (χ1v) is 3.88. The van der Waals surface area contributed by atoms with Crippen LogP contribution in [0.5, 0.6) is 0 Å². The Hall–Kier alpha value is -0.690. The van der Waals surface area contributed by atoms with Crippen LogP contribution < -0.4 is 0 Å². The van der Waals surface area contributed by atoms with E-state index in [9.17, 15) is 0 Å². The van der Waals surface area contributed by atoms with Crippen molar-refractivity contribution in [1.29, 1.82) is 0 Å². The second-order valence-corrected chi connectivity index (χ2v) is 2.45. The van der Waals surface area contributed by atoms with E-state index in [-0.39, 0.29) is 0 Å². The molecule has 0 aliphatic heterocycles. The molecular weight excluding hydrogens is 140 g/mol. The van der Waals surface area contributed by atoms with Crippen LogP contribution in [0.3, 0.4) is 0 Å². The zero-order valence-electron chi connectivity index (χ0n) is 6.00. The van der Waals surface area contributed by atoms with E-state index < -0.39 is 0 Å². The lowest BCUT2D eigenvalue weighted by atomic mass is 10.1. The molecule has 0 spiro atoms. The lowest BCUT2D eigenvalue weighted by molar-refractivity contribution is 1.14. The second-order valence-electron chi connectivity index (χ2n) is 2.21. The van der Waals surface area contributed by atoms with Gasteiger partial charge in [-0.2, -0.15) is 0 Å². The molecule has 1 heteroatoms. The largest absolute Gasteiger partial charge is 0.0881 e. The molecule has 0 atom stereocenters. The van der Waals surface area contributed by atoms with E-state index in [0.717, 1.165) is 12.0 Å². The lowest BCUT2D eigenvalue weighted by Crippen LogP contribution is -1.81. The Bertz CT molecular complexity index is 211. The minimum atomic E-state index is 1.09. The van der Waals surface area contributed by atoms with Gasteiger partial charge in [0.1, 0.15) is 0 Å². The highest BCUT2D eigenvalue weighted by Gasteiger charge is 1.87. The lowest BCUT2D eigenvalue weighted by Gasteiger charge is -1.94. The molecule has 1 rings (SSSR count). The monoisotopic (exact) mass is 150 g/mol. The molecule has 0 radical (unpaired) electrons. The van der Waals surface area contributed by atoms with Gasteiger partial charge in [-0.25, -0.2) is 0 Å². The molecule has 10 heavy (non-hydrogen) atoms. The zero-order chi connectivity index (χ0) is 7.40. The van der Waals surface area contributed by atoms with Crippen LogP contribution in [0.1, 0.15) is 18.1 Å². The Labute approximate surface area is 66.9 Å². The maximum atomic E-state index is 4.77. The van der Waals surface area contributed by atoms with E-state index in [1.54, 1.807) is 5.37 Å². The fourth-order valence-corrected chi connectivity index (χ4v) is 0.989. The van der Waals surface area contributed by atoms with Crippen LogP contribution in [0.15, 0.2) is 24.3 Å². The van der Waals surface area contributed by atoms with Gasteiger partial charge in [-0.3, -0.25) is 0 Å². The third-order valence-corrected chi connectivity index (χ3v) is 1.80. The van der Waals surface area contributed by atoms with Crippen LogP contribution in [-0.4, -0.2) is 5.37 Å². The number of hydrogen-bond acceptors (Lipinski definition) is 1. The quantitative estimate of drug-likeness (QED) is 0.584. The van der Waals surface area contributed by atoms with Gasteiger partial charge in [-0.1, -0.05) is 43.4 Å². The molecular formula is C9H10S. The van der Waals surface area contributed by atoms with E-state index in [1.807, 2.05) is 12.1 Å². The van der Waals surface area contributed by atoms with Gasteiger partial charge in [-0.15, -0.1) is 0 Å². The highest BCUT2D eigenvalue weighted by Crippen LogP contribution is 2.02. The summed E-state index contributed by atoms with van der Waals surface area (Å²) in [5, 5.41) is 1.69. The SMILES string of the molecule is CCc1ccc(C=S)cc1. The van der Waals surface area contributed by atoms with Crippen LogP contribution in [0.2, 0.25) is 0 Å². The van der Waals surface area contributed by atoms with E-state index in [4.69, 9.17) is 12.2 Å². The molecule has 0 amide bonds. The van der Waals surface area contributed by atoms with Crippen molar-refractivity contribution in [2.24, 2.45) is 0 Å². The molecule has 0 aliphatic rings. The summed E-state index contributed by atoms with van der Waals surface area (Å²) < 4.78 is 0. The minimum absolute atomic E-state index is 1.09. The molecule has 0 N–H and O–H groups in total. The Morgan fingerprint density at radius 2 is 1.90 bits per heavy atom. The zero-order valence-corrected chi connectivity index (χ0v) is 6.82.